The molecule has 0 aliphatic heterocycles. The van der Waals surface area contributed by atoms with Gasteiger partial charge in [-0.2, -0.15) is 0 Å². The van der Waals surface area contributed by atoms with Gasteiger partial charge in [0.05, 0.1) is 0 Å². The van der Waals surface area contributed by atoms with Gasteiger partial charge in [0.1, 0.15) is 0 Å². The first-order valence-corrected chi connectivity index (χ1v) is 7.67. The van der Waals surface area contributed by atoms with Crippen LogP contribution >= 0.6 is 0 Å². The third kappa shape index (κ3) is 1.69. The van der Waals surface area contributed by atoms with E-state index in [-0.39, 0.29) is 5.54 Å². The number of rotatable bonds is 3. The normalized spacial score (nSPS) is 48.7. The van der Waals surface area contributed by atoms with E-state index in [4.69, 9.17) is 5.73 Å². The Morgan fingerprint density at radius 2 is 1.71 bits per heavy atom. The quantitative estimate of drug-likeness (QED) is 0.782. The summed E-state index contributed by atoms with van der Waals surface area (Å²) < 4.78 is 0. The van der Waals surface area contributed by atoms with E-state index in [1.807, 2.05) is 0 Å². The standard InChI is InChI=1S/C16H29N/c1-4-5-15-7-12-6-13(8-15)10-16(9-12,11-15)14(2,3)17/h12-13H,4-11,17H2,1-3H3. The summed E-state index contributed by atoms with van der Waals surface area (Å²) in [7, 11) is 0. The van der Waals surface area contributed by atoms with Gasteiger partial charge in [0.2, 0.25) is 0 Å². The summed E-state index contributed by atoms with van der Waals surface area (Å²) in [6.45, 7) is 6.94. The molecule has 1 heteroatoms. The second-order valence-corrected chi connectivity index (χ2v) is 8.21. The Hall–Kier alpha value is -0.0400. The SMILES string of the molecule is CCCC12CC3CC(C1)CC(C(C)(C)N)(C3)C2. The fourth-order valence-electron chi connectivity index (χ4n) is 6.03. The molecule has 0 aromatic carbocycles. The van der Waals surface area contributed by atoms with Crippen LogP contribution < -0.4 is 5.73 Å². The lowest BCUT2D eigenvalue weighted by atomic mass is 9.40. The zero-order valence-electron chi connectivity index (χ0n) is 11.9. The van der Waals surface area contributed by atoms with E-state index in [0.29, 0.717) is 10.8 Å². The van der Waals surface area contributed by atoms with E-state index in [0.717, 1.165) is 11.8 Å². The van der Waals surface area contributed by atoms with E-state index in [2.05, 4.69) is 20.8 Å². The fourth-order valence-corrected chi connectivity index (χ4v) is 6.03. The topological polar surface area (TPSA) is 26.0 Å². The van der Waals surface area contributed by atoms with E-state index in [1.54, 1.807) is 0 Å². The molecule has 1 nitrogen and oxygen atoms in total. The van der Waals surface area contributed by atoms with Crippen molar-refractivity contribution >= 4 is 0 Å². The van der Waals surface area contributed by atoms with Crippen molar-refractivity contribution in [2.24, 2.45) is 28.4 Å². The predicted molar refractivity (Wildman–Crippen MR) is 72.7 cm³/mol. The molecule has 2 N–H and O–H groups in total. The smallest absolute Gasteiger partial charge is 0.0154 e. The molecule has 4 aliphatic rings. The van der Waals surface area contributed by atoms with Crippen molar-refractivity contribution in [1.82, 2.24) is 0 Å². The molecule has 17 heavy (non-hydrogen) atoms. The van der Waals surface area contributed by atoms with Crippen LogP contribution in [0.15, 0.2) is 0 Å². The second kappa shape index (κ2) is 3.50. The fraction of sp³-hybridized carbons (Fsp3) is 1.00. The first kappa shape index (κ1) is 12.0. The number of hydrogen-bond acceptors (Lipinski definition) is 1. The average Bonchev–Trinajstić information content (AvgIpc) is 2.12. The molecule has 0 spiro atoms. The van der Waals surface area contributed by atoms with Crippen molar-refractivity contribution in [3.05, 3.63) is 0 Å². The third-order valence-corrected chi connectivity index (χ3v) is 6.33. The highest BCUT2D eigenvalue weighted by Crippen LogP contribution is 2.68. The predicted octanol–water partition coefficient (Wildman–Crippen LogP) is 4.11. The van der Waals surface area contributed by atoms with Gasteiger partial charge < -0.3 is 5.73 Å². The monoisotopic (exact) mass is 235 g/mol. The highest BCUT2D eigenvalue weighted by atomic mass is 14.8. The van der Waals surface area contributed by atoms with Crippen LogP contribution in [0.3, 0.4) is 0 Å². The van der Waals surface area contributed by atoms with Gasteiger partial charge >= 0.3 is 0 Å². The van der Waals surface area contributed by atoms with Crippen LogP contribution in [0.25, 0.3) is 0 Å². The molecule has 4 aliphatic carbocycles. The molecule has 2 atom stereocenters. The molecule has 0 aromatic heterocycles. The van der Waals surface area contributed by atoms with Gasteiger partial charge in [0, 0.05) is 5.54 Å². The third-order valence-electron chi connectivity index (χ3n) is 6.33. The highest BCUT2D eigenvalue weighted by Gasteiger charge is 2.60. The Labute approximate surface area is 107 Å². The lowest BCUT2D eigenvalue weighted by Gasteiger charge is -2.66. The highest BCUT2D eigenvalue weighted by molar-refractivity contribution is 5.13. The van der Waals surface area contributed by atoms with E-state index < -0.39 is 0 Å². The van der Waals surface area contributed by atoms with Gasteiger partial charge in [0.15, 0.2) is 0 Å². The average molecular weight is 235 g/mol. The Morgan fingerprint density at radius 3 is 2.18 bits per heavy atom. The maximum absolute atomic E-state index is 6.59. The van der Waals surface area contributed by atoms with E-state index >= 15 is 0 Å². The molecule has 4 bridgehead atoms. The van der Waals surface area contributed by atoms with Crippen molar-refractivity contribution in [2.75, 3.05) is 0 Å². The molecule has 4 fully saturated rings. The van der Waals surface area contributed by atoms with Crippen molar-refractivity contribution < 1.29 is 0 Å². The Morgan fingerprint density at radius 1 is 1.12 bits per heavy atom. The van der Waals surface area contributed by atoms with Gasteiger partial charge in [-0.25, -0.2) is 0 Å². The maximum Gasteiger partial charge on any atom is 0.0154 e. The van der Waals surface area contributed by atoms with Crippen LogP contribution in [0.2, 0.25) is 0 Å². The molecule has 0 radical (unpaired) electrons. The van der Waals surface area contributed by atoms with Gasteiger partial charge in [0.25, 0.3) is 0 Å². The lowest BCUT2D eigenvalue weighted by Crippen LogP contribution is -2.62. The minimum Gasteiger partial charge on any atom is -0.325 e. The van der Waals surface area contributed by atoms with Crippen LogP contribution in [0.5, 0.6) is 0 Å². The minimum absolute atomic E-state index is 0.0315. The van der Waals surface area contributed by atoms with Crippen LogP contribution in [-0.2, 0) is 0 Å². The molecule has 0 amide bonds. The summed E-state index contributed by atoms with van der Waals surface area (Å²) in [5.41, 5.74) is 7.79. The molecule has 4 rings (SSSR count). The molecule has 0 saturated heterocycles. The Bertz CT molecular complexity index is 298. The van der Waals surface area contributed by atoms with Crippen LogP contribution in [-0.4, -0.2) is 5.54 Å². The van der Waals surface area contributed by atoms with Gasteiger partial charge in [-0.1, -0.05) is 13.3 Å². The number of hydrogen-bond donors (Lipinski definition) is 1. The number of nitrogens with two attached hydrogens (primary N) is 1. The van der Waals surface area contributed by atoms with Crippen molar-refractivity contribution in [3.63, 3.8) is 0 Å². The first-order valence-electron chi connectivity index (χ1n) is 7.67. The lowest BCUT2D eigenvalue weighted by molar-refractivity contribution is -0.140. The molecule has 0 aromatic rings. The zero-order valence-corrected chi connectivity index (χ0v) is 11.9. The summed E-state index contributed by atoms with van der Waals surface area (Å²) >= 11 is 0. The maximum atomic E-state index is 6.59. The summed E-state index contributed by atoms with van der Waals surface area (Å²) in [5, 5.41) is 0. The molecular weight excluding hydrogens is 206 g/mol. The van der Waals surface area contributed by atoms with Gasteiger partial charge in [-0.05, 0) is 81.5 Å². The first-order chi connectivity index (χ1) is 7.88. The zero-order chi connectivity index (χ0) is 12.3. The molecule has 4 saturated carbocycles. The minimum atomic E-state index is 0.0315. The van der Waals surface area contributed by atoms with E-state index in [1.165, 1.54) is 51.4 Å². The van der Waals surface area contributed by atoms with E-state index in [9.17, 15) is 0 Å². The molecular formula is C16H29N. The summed E-state index contributed by atoms with van der Waals surface area (Å²) in [6, 6.07) is 0. The van der Waals surface area contributed by atoms with Crippen LogP contribution in [0.4, 0.5) is 0 Å². The summed E-state index contributed by atoms with van der Waals surface area (Å²) in [6.07, 6.45) is 11.7. The largest absolute Gasteiger partial charge is 0.325 e. The molecule has 2 unspecified atom stereocenters. The Kier molecular flexibility index (Phi) is 2.47. The molecule has 98 valence electrons. The van der Waals surface area contributed by atoms with Gasteiger partial charge in [-0.3, -0.25) is 0 Å². The van der Waals surface area contributed by atoms with Crippen LogP contribution in [0.1, 0.15) is 72.1 Å². The Balaban J connectivity index is 1.94. The van der Waals surface area contributed by atoms with Crippen LogP contribution in [0, 0.1) is 22.7 Å². The molecule has 0 heterocycles. The van der Waals surface area contributed by atoms with Crippen molar-refractivity contribution in [2.45, 2.75) is 77.7 Å². The van der Waals surface area contributed by atoms with Crippen molar-refractivity contribution in [1.29, 1.82) is 0 Å². The second-order valence-electron chi connectivity index (χ2n) is 8.21. The summed E-state index contributed by atoms with van der Waals surface area (Å²) in [4.78, 5) is 0. The van der Waals surface area contributed by atoms with Gasteiger partial charge in [-0.15, -0.1) is 0 Å². The van der Waals surface area contributed by atoms with Crippen molar-refractivity contribution in [3.8, 4) is 0 Å². The summed E-state index contributed by atoms with van der Waals surface area (Å²) in [5.74, 6) is 2.01.